The number of nitrogens with zero attached hydrogens (tertiary/aromatic N) is 1. The van der Waals surface area contributed by atoms with Gasteiger partial charge in [-0.1, -0.05) is 11.6 Å². The van der Waals surface area contributed by atoms with Crippen LogP contribution in [0.5, 0.6) is 0 Å². The van der Waals surface area contributed by atoms with Crippen molar-refractivity contribution in [3.63, 3.8) is 0 Å². The molecule has 1 saturated heterocycles. The van der Waals surface area contributed by atoms with Gasteiger partial charge in [0.2, 0.25) is 0 Å². The molecule has 12 heavy (non-hydrogen) atoms. The highest BCUT2D eigenvalue weighted by Crippen LogP contribution is 2.26. The molecule has 2 heteroatoms. The average molecular weight is 167 g/mol. The Kier molecular flexibility index (Phi) is 2.20. The highest BCUT2D eigenvalue weighted by Gasteiger charge is 2.31. The lowest BCUT2D eigenvalue weighted by Gasteiger charge is -2.41. The fraction of sp³-hybridized carbons (Fsp3) is 0.800. The highest BCUT2D eigenvalue weighted by molar-refractivity contribution is 5.09. The van der Waals surface area contributed by atoms with Crippen LogP contribution in [0.1, 0.15) is 19.8 Å². The van der Waals surface area contributed by atoms with E-state index >= 15 is 0 Å². The lowest BCUT2D eigenvalue weighted by molar-refractivity contribution is -0.0623. The van der Waals surface area contributed by atoms with Crippen LogP contribution in [0.3, 0.4) is 0 Å². The van der Waals surface area contributed by atoms with Gasteiger partial charge in [-0.25, -0.2) is 0 Å². The monoisotopic (exact) mass is 167 g/mol. The van der Waals surface area contributed by atoms with Gasteiger partial charge >= 0.3 is 0 Å². The van der Waals surface area contributed by atoms with Crippen LogP contribution in [0.2, 0.25) is 0 Å². The zero-order chi connectivity index (χ0) is 8.55. The molecule has 0 N–H and O–H groups in total. The third-order valence-corrected chi connectivity index (χ3v) is 3.00. The van der Waals surface area contributed by atoms with Crippen LogP contribution < -0.4 is 0 Å². The molecule has 2 aliphatic rings. The third kappa shape index (κ3) is 1.41. The molecule has 2 rings (SSSR count). The quantitative estimate of drug-likeness (QED) is 0.506. The molecular formula is C10H17NO. The van der Waals surface area contributed by atoms with Crippen molar-refractivity contribution >= 4 is 0 Å². The van der Waals surface area contributed by atoms with Gasteiger partial charge in [0.05, 0.1) is 12.7 Å². The predicted molar refractivity (Wildman–Crippen MR) is 49.1 cm³/mol. The van der Waals surface area contributed by atoms with E-state index in [0.717, 1.165) is 19.6 Å². The molecule has 2 nitrogen and oxygen atoms in total. The molecule has 1 aliphatic heterocycles. The number of likely N-dealkylation sites (N-methyl/N-ethyl adjacent to an activating group) is 1. The van der Waals surface area contributed by atoms with Crippen molar-refractivity contribution in [2.45, 2.75) is 31.9 Å². The molecule has 0 aromatic rings. The second-order valence-corrected chi connectivity index (χ2v) is 3.95. The minimum atomic E-state index is 0.465. The molecule has 1 fully saturated rings. The summed E-state index contributed by atoms with van der Waals surface area (Å²) in [5.74, 6) is 0. The van der Waals surface area contributed by atoms with Gasteiger partial charge in [-0.3, -0.25) is 4.90 Å². The zero-order valence-corrected chi connectivity index (χ0v) is 7.92. The molecule has 2 unspecified atom stereocenters. The van der Waals surface area contributed by atoms with E-state index in [1.165, 1.54) is 12.0 Å². The summed E-state index contributed by atoms with van der Waals surface area (Å²) >= 11 is 0. The molecule has 0 spiro atoms. The first-order chi connectivity index (χ1) is 5.77. The Balaban J connectivity index is 2.09. The Labute approximate surface area is 74.2 Å². The summed E-state index contributed by atoms with van der Waals surface area (Å²) < 4.78 is 5.71. The van der Waals surface area contributed by atoms with E-state index in [2.05, 4.69) is 24.9 Å². The molecular weight excluding hydrogens is 150 g/mol. The largest absolute Gasteiger partial charge is 0.375 e. The van der Waals surface area contributed by atoms with Crippen LogP contribution in [-0.2, 0) is 4.74 Å². The maximum absolute atomic E-state index is 5.71. The van der Waals surface area contributed by atoms with Crippen LogP contribution in [0, 0.1) is 0 Å². The summed E-state index contributed by atoms with van der Waals surface area (Å²) in [7, 11) is 2.21. The van der Waals surface area contributed by atoms with Gasteiger partial charge in [0, 0.05) is 12.6 Å². The van der Waals surface area contributed by atoms with Crippen LogP contribution in [0.15, 0.2) is 11.6 Å². The van der Waals surface area contributed by atoms with E-state index in [1.54, 1.807) is 0 Å². The normalized spacial score (nSPS) is 37.3. The number of ether oxygens (including phenoxy) is 1. The van der Waals surface area contributed by atoms with Gasteiger partial charge in [0.25, 0.3) is 0 Å². The summed E-state index contributed by atoms with van der Waals surface area (Å²) in [4.78, 5) is 2.44. The Morgan fingerprint density at radius 1 is 1.58 bits per heavy atom. The first-order valence-electron chi connectivity index (χ1n) is 4.75. The first-order valence-corrected chi connectivity index (χ1v) is 4.75. The van der Waals surface area contributed by atoms with Crippen molar-refractivity contribution in [1.82, 2.24) is 4.90 Å². The summed E-state index contributed by atoms with van der Waals surface area (Å²) in [5, 5.41) is 0. The lowest BCUT2D eigenvalue weighted by Crippen LogP contribution is -2.50. The summed E-state index contributed by atoms with van der Waals surface area (Å²) in [5.41, 5.74) is 1.52. The van der Waals surface area contributed by atoms with Gasteiger partial charge in [0.15, 0.2) is 0 Å². The highest BCUT2D eigenvalue weighted by atomic mass is 16.5. The molecule has 0 radical (unpaired) electrons. The van der Waals surface area contributed by atoms with E-state index in [9.17, 15) is 0 Å². The van der Waals surface area contributed by atoms with Crippen molar-refractivity contribution in [3.05, 3.63) is 11.6 Å². The van der Waals surface area contributed by atoms with Crippen molar-refractivity contribution < 1.29 is 4.74 Å². The fourth-order valence-corrected chi connectivity index (χ4v) is 2.15. The smallest absolute Gasteiger partial charge is 0.0768 e. The van der Waals surface area contributed by atoms with Gasteiger partial charge < -0.3 is 4.74 Å². The van der Waals surface area contributed by atoms with Gasteiger partial charge in [-0.05, 0) is 26.8 Å². The number of rotatable bonds is 0. The van der Waals surface area contributed by atoms with E-state index < -0.39 is 0 Å². The van der Waals surface area contributed by atoms with Crippen LogP contribution in [0.25, 0.3) is 0 Å². The molecule has 0 bridgehead atoms. The topological polar surface area (TPSA) is 12.5 Å². The van der Waals surface area contributed by atoms with E-state index in [-0.39, 0.29) is 0 Å². The van der Waals surface area contributed by atoms with Crippen LogP contribution in [-0.4, -0.2) is 37.2 Å². The summed E-state index contributed by atoms with van der Waals surface area (Å²) in [6.07, 6.45) is 5.09. The number of fused-ring (bicyclic) bond motifs is 1. The van der Waals surface area contributed by atoms with Crippen molar-refractivity contribution in [3.8, 4) is 0 Å². The maximum Gasteiger partial charge on any atom is 0.0768 e. The number of hydrogen-bond donors (Lipinski definition) is 0. The Hall–Kier alpha value is -0.340. The van der Waals surface area contributed by atoms with Gasteiger partial charge in [0.1, 0.15) is 0 Å². The van der Waals surface area contributed by atoms with Crippen molar-refractivity contribution in [2.24, 2.45) is 0 Å². The second-order valence-electron chi connectivity index (χ2n) is 3.95. The van der Waals surface area contributed by atoms with Crippen LogP contribution in [0.4, 0.5) is 0 Å². The maximum atomic E-state index is 5.71. The molecule has 0 aromatic heterocycles. The molecule has 1 heterocycles. The van der Waals surface area contributed by atoms with E-state index in [1.807, 2.05) is 0 Å². The van der Waals surface area contributed by atoms with Gasteiger partial charge in [-0.2, -0.15) is 0 Å². The molecule has 2 atom stereocenters. The number of hydrogen-bond acceptors (Lipinski definition) is 2. The molecule has 68 valence electrons. The molecule has 0 aromatic carbocycles. The molecule has 0 amide bonds. The second kappa shape index (κ2) is 3.19. The minimum Gasteiger partial charge on any atom is -0.375 e. The Morgan fingerprint density at radius 2 is 2.42 bits per heavy atom. The Bertz CT molecular complexity index is 200. The van der Waals surface area contributed by atoms with Crippen LogP contribution >= 0.6 is 0 Å². The van der Waals surface area contributed by atoms with Crippen molar-refractivity contribution in [1.29, 1.82) is 0 Å². The minimum absolute atomic E-state index is 0.465. The van der Waals surface area contributed by atoms with Gasteiger partial charge in [-0.15, -0.1) is 0 Å². The van der Waals surface area contributed by atoms with E-state index in [4.69, 9.17) is 4.74 Å². The first kappa shape index (κ1) is 8.27. The molecule has 0 saturated carbocycles. The average Bonchev–Trinajstić information content (AvgIpc) is 2.07. The summed E-state index contributed by atoms with van der Waals surface area (Å²) in [6.45, 7) is 4.22. The standard InChI is InChI=1S/C10H17NO/c1-8-3-4-10-9(7-8)11(2)5-6-12-10/h3,9-10H,4-7H2,1-2H3. The molecule has 1 aliphatic carbocycles. The van der Waals surface area contributed by atoms with E-state index in [0.29, 0.717) is 12.1 Å². The fourth-order valence-electron chi connectivity index (χ4n) is 2.15. The predicted octanol–water partition coefficient (Wildman–Crippen LogP) is 1.43. The van der Waals surface area contributed by atoms with Crippen molar-refractivity contribution in [2.75, 3.05) is 20.2 Å². The number of morpholine rings is 1. The lowest BCUT2D eigenvalue weighted by atomic mass is 9.91. The summed E-state index contributed by atoms with van der Waals surface area (Å²) in [6, 6.07) is 0.642. The third-order valence-electron chi connectivity index (χ3n) is 3.00. The Morgan fingerprint density at radius 3 is 3.25 bits per heavy atom. The SMILES string of the molecule is CC1=CCC2OCCN(C)C2C1. The zero-order valence-electron chi connectivity index (χ0n) is 7.92.